The lowest BCUT2D eigenvalue weighted by atomic mass is 9.87. The van der Waals surface area contributed by atoms with E-state index in [1.165, 1.54) is 28.4 Å². The van der Waals surface area contributed by atoms with Crippen LogP contribution in [0.2, 0.25) is 0 Å². The monoisotopic (exact) mass is 437 g/mol. The Kier molecular flexibility index (Phi) is 6.13. The van der Waals surface area contributed by atoms with Crippen molar-refractivity contribution in [1.29, 1.82) is 0 Å². The number of carboxylic acid groups (broad SMARTS) is 1. The smallest absolute Gasteiger partial charge is 0.408 e. The van der Waals surface area contributed by atoms with Crippen molar-refractivity contribution in [3.63, 3.8) is 0 Å². The van der Waals surface area contributed by atoms with E-state index in [1.807, 2.05) is 18.2 Å². The lowest BCUT2D eigenvalue weighted by molar-refractivity contribution is -0.154. The van der Waals surface area contributed by atoms with Crippen LogP contribution in [-0.2, 0) is 14.3 Å². The molecule has 0 bridgehead atoms. The Morgan fingerprint density at radius 2 is 2.21 bits per heavy atom. The molecule has 3 atom stereocenters. The number of β-lactam (4-membered cyclic amide) rings is 1. The lowest BCUT2D eigenvalue weighted by Gasteiger charge is -2.53. The van der Waals surface area contributed by atoms with Crippen LogP contribution in [0.4, 0.5) is 4.79 Å². The summed E-state index contributed by atoms with van der Waals surface area (Å²) < 4.78 is 5.20. The minimum absolute atomic E-state index is 0.0601. The van der Waals surface area contributed by atoms with Gasteiger partial charge in [0.1, 0.15) is 27.5 Å². The molecule has 3 heterocycles. The summed E-state index contributed by atoms with van der Waals surface area (Å²) >= 11 is 2.67. The van der Waals surface area contributed by atoms with E-state index in [4.69, 9.17) is 4.74 Å². The minimum atomic E-state index is -1.19. The second-order valence-electron chi connectivity index (χ2n) is 7.84. The number of nitrogens with zero attached hydrogens (tertiary/aromatic N) is 2. The Balaban J connectivity index is 1.63. The van der Waals surface area contributed by atoms with Crippen LogP contribution in [0.5, 0.6) is 0 Å². The van der Waals surface area contributed by atoms with E-state index in [0.717, 1.165) is 5.03 Å². The van der Waals surface area contributed by atoms with Crippen LogP contribution in [0.15, 0.2) is 40.9 Å². The van der Waals surface area contributed by atoms with E-state index < -0.39 is 29.1 Å². The second kappa shape index (κ2) is 8.27. The summed E-state index contributed by atoms with van der Waals surface area (Å²) in [7, 11) is 0. The molecule has 0 saturated carbocycles. The van der Waals surface area contributed by atoms with Crippen LogP contribution in [-0.4, -0.2) is 62.3 Å². The fourth-order valence-electron chi connectivity index (χ4n) is 2.98. The third-order valence-corrected chi connectivity index (χ3v) is 6.72. The number of amides is 2. The molecular formula is C19H23N3O5S2. The molecule has 2 saturated heterocycles. The lowest BCUT2D eigenvalue weighted by Crippen LogP contribution is -2.73. The maximum atomic E-state index is 12.5. The van der Waals surface area contributed by atoms with E-state index in [-0.39, 0.29) is 17.8 Å². The van der Waals surface area contributed by atoms with Crippen LogP contribution >= 0.6 is 23.5 Å². The van der Waals surface area contributed by atoms with Crippen LogP contribution in [0, 0.1) is 5.41 Å². The Hall–Kier alpha value is -2.20. The van der Waals surface area contributed by atoms with E-state index in [1.54, 1.807) is 38.5 Å². The molecular weight excluding hydrogens is 414 g/mol. The number of hydrogen-bond acceptors (Lipinski definition) is 7. The van der Waals surface area contributed by atoms with Gasteiger partial charge in [-0.2, -0.15) is 0 Å². The number of ether oxygens (including phenoxy) is 1. The molecule has 2 amide bonds. The molecule has 2 aliphatic rings. The van der Waals surface area contributed by atoms with Gasteiger partial charge in [0.2, 0.25) is 5.91 Å². The predicted octanol–water partition coefficient (Wildman–Crippen LogP) is 2.57. The van der Waals surface area contributed by atoms with Gasteiger partial charge in [-0.15, -0.1) is 11.8 Å². The standard InChI is InChI=1S/C19H23N3O5S2/c1-18(2,3)27-17(26)21-13-14(23)22-10-19(16(24)25,11-29-15(13)22)7-9-28-12-6-4-5-8-20-12/h4-9,13,15H,10-11H2,1-3H3,(H,21,26)(H,24,25)/t13?,15-,19?/m1/s1. The Morgan fingerprint density at radius 1 is 1.45 bits per heavy atom. The zero-order valence-electron chi connectivity index (χ0n) is 16.3. The quantitative estimate of drug-likeness (QED) is 0.534. The summed E-state index contributed by atoms with van der Waals surface area (Å²) in [6.07, 6.45) is 2.64. The third kappa shape index (κ3) is 4.87. The van der Waals surface area contributed by atoms with Crippen LogP contribution < -0.4 is 5.32 Å². The zero-order valence-corrected chi connectivity index (χ0v) is 18.0. The average molecular weight is 438 g/mol. The number of alkyl carbamates (subject to hydrolysis) is 1. The van der Waals surface area contributed by atoms with E-state index >= 15 is 0 Å². The molecule has 0 radical (unpaired) electrons. The highest BCUT2D eigenvalue weighted by molar-refractivity contribution is 8.02. The summed E-state index contributed by atoms with van der Waals surface area (Å²) in [5.41, 5.74) is -1.85. The maximum Gasteiger partial charge on any atom is 0.408 e. The number of nitrogens with one attached hydrogen (secondary N) is 1. The van der Waals surface area contributed by atoms with Crippen molar-refractivity contribution in [1.82, 2.24) is 15.2 Å². The second-order valence-corrected chi connectivity index (χ2v) is 9.87. The highest BCUT2D eigenvalue weighted by atomic mass is 32.2. The summed E-state index contributed by atoms with van der Waals surface area (Å²) in [6, 6.07) is 4.79. The first-order valence-corrected chi connectivity index (χ1v) is 10.9. The van der Waals surface area contributed by atoms with Gasteiger partial charge in [0.15, 0.2) is 0 Å². The van der Waals surface area contributed by atoms with Crippen LogP contribution in [0.3, 0.4) is 0 Å². The average Bonchev–Trinajstić information content (AvgIpc) is 2.65. The van der Waals surface area contributed by atoms with Crippen molar-refractivity contribution >= 4 is 41.5 Å². The molecule has 3 rings (SSSR count). The fraction of sp³-hybridized carbons (Fsp3) is 0.474. The van der Waals surface area contributed by atoms with Gasteiger partial charge in [-0.1, -0.05) is 23.9 Å². The number of thioether (sulfide) groups is 2. The first-order chi connectivity index (χ1) is 13.6. The summed E-state index contributed by atoms with van der Waals surface area (Å²) in [5.74, 6) is -0.995. The van der Waals surface area contributed by atoms with Gasteiger partial charge in [-0.25, -0.2) is 9.78 Å². The number of aliphatic carboxylic acids is 1. The van der Waals surface area contributed by atoms with Crippen molar-refractivity contribution in [2.24, 2.45) is 5.41 Å². The predicted molar refractivity (Wildman–Crippen MR) is 110 cm³/mol. The normalized spacial score (nSPS) is 26.6. The van der Waals surface area contributed by atoms with Crippen molar-refractivity contribution in [2.75, 3.05) is 12.3 Å². The van der Waals surface area contributed by atoms with Crippen molar-refractivity contribution in [3.05, 3.63) is 35.9 Å². The molecule has 0 spiro atoms. The van der Waals surface area contributed by atoms with Crippen LogP contribution in [0.25, 0.3) is 0 Å². The molecule has 10 heteroatoms. The number of hydrogen-bond donors (Lipinski definition) is 2. The van der Waals surface area contributed by atoms with Gasteiger partial charge in [0.25, 0.3) is 0 Å². The number of fused-ring (bicyclic) bond motifs is 1. The highest BCUT2D eigenvalue weighted by Gasteiger charge is 2.57. The first kappa shape index (κ1) is 21.5. The summed E-state index contributed by atoms with van der Waals surface area (Å²) in [6.45, 7) is 5.29. The minimum Gasteiger partial charge on any atom is -0.481 e. The molecule has 0 aliphatic carbocycles. The number of rotatable bonds is 5. The van der Waals surface area contributed by atoms with Crippen molar-refractivity contribution < 1.29 is 24.2 Å². The Labute approximate surface area is 177 Å². The number of pyridine rings is 1. The largest absolute Gasteiger partial charge is 0.481 e. The first-order valence-electron chi connectivity index (χ1n) is 9.02. The summed E-state index contributed by atoms with van der Waals surface area (Å²) in [4.78, 5) is 42.2. The zero-order chi connectivity index (χ0) is 21.2. The summed E-state index contributed by atoms with van der Waals surface area (Å²) in [5, 5.41) is 14.6. The number of carbonyl (C=O) groups excluding carboxylic acids is 2. The molecule has 1 aromatic rings. The molecule has 1 aromatic heterocycles. The number of carboxylic acids is 1. The molecule has 2 aliphatic heterocycles. The highest BCUT2D eigenvalue weighted by Crippen LogP contribution is 2.43. The maximum absolute atomic E-state index is 12.5. The molecule has 8 nitrogen and oxygen atoms in total. The number of aromatic nitrogens is 1. The van der Waals surface area contributed by atoms with Crippen molar-refractivity contribution in [3.8, 4) is 0 Å². The Morgan fingerprint density at radius 3 is 2.83 bits per heavy atom. The van der Waals surface area contributed by atoms with Crippen LogP contribution in [0.1, 0.15) is 20.8 Å². The molecule has 29 heavy (non-hydrogen) atoms. The molecule has 2 N–H and O–H groups in total. The topological polar surface area (TPSA) is 109 Å². The van der Waals surface area contributed by atoms with Gasteiger partial charge in [-0.05, 0) is 38.3 Å². The molecule has 156 valence electrons. The molecule has 0 aromatic carbocycles. The number of carbonyl (C=O) groups is 3. The molecule has 2 fully saturated rings. The van der Waals surface area contributed by atoms with Gasteiger partial charge in [0, 0.05) is 18.5 Å². The van der Waals surface area contributed by atoms with E-state index in [0.29, 0.717) is 5.75 Å². The molecule has 2 unspecified atom stereocenters. The van der Waals surface area contributed by atoms with Gasteiger partial charge < -0.3 is 20.1 Å². The van der Waals surface area contributed by atoms with Gasteiger partial charge in [0.05, 0.1) is 0 Å². The van der Waals surface area contributed by atoms with E-state index in [2.05, 4.69) is 10.3 Å². The SMILES string of the molecule is CC(C)(C)OC(=O)NC1C(=O)N2CC(C=CSc3ccccn3)(C(=O)O)CS[C@H]12. The Bertz CT molecular complexity index is 827. The van der Waals surface area contributed by atoms with Gasteiger partial charge >= 0.3 is 12.1 Å². The third-order valence-electron chi connectivity index (χ3n) is 4.42. The van der Waals surface area contributed by atoms with E-state index in [9.17, 15) is 19.5 Å². The fourth-order valence-corrected chi connectivity index (χ4v) is 5.24. The van der Waals surface area contributed by atoms with Gasteiger partial charge in [-0.3, -0.25) is 9.59 Å². The van der Waals surface area contributed by atoms with Crippen molar-refractivity contribution in [2.45, 2.75) is 42.8 Å².